The zero-order valence-corrected chi connectivity index (χ0v) is 13.2. The maximum Gasteiger partial charge on any atom is 0.123 e. The van der Waals surface area contributed by atoms with Gasteiger partial charge in [0.25, 0.3) is 0 Å². The number of hydrogen-bond acceptors (Lipinski definition) is 3. The fourth-order valence-corrected chi connectivity index (χ4v) is 3.11. The average molecular weight is 310 g/mol. The third kappa shape index (κ3) is 3.12. The van der Waals surface area contributed by atoms with Crippen LogP contribution in [0.1, 0.15) is 28.7 Å². The summed E-state index contributed by atoms with van der Waals surface area (Å²) in [5, 5.41) is 12.9. The molecule has 2 aromatic rings. The van der Waals surface area contributed by atoms with Gasteiger partial charge in [-0.2, -0.15) is 5.26 Å². The molecule has 3 nitrogen and oxygen atoms in total. The molecule has 118 valence electrons. The van der Waals surface area contributed by atoms with Crippen molar-refractivity contribution in [2.24, 2.45) is 0 Å². The first kappa shape index (κ1) is 15.7. The van der Waals surface area contributed by atoms with Crippen molar-refractivity contribution >= 4 is 0 Å². The van der Waals surface area contributed by atoms with Gasteiger partial charge in [0.1, 0.15) is 11.9 Å². The third-order valence-corrected chi connectivity index (χ3v) is 4.23. The van der Waals surface area contributed by atoms with Crippen LogP contribution in [-0.2, 0) is 24.4 Å². The Morgan fingerprint density at radius 2 is 2.04 bits per heavy atom. The second-order valence-corrected chi connectivity index (χ2v) is 5.74. The van der Waals surface area contributed by atoms with E-state index in [2.05, 4.69) is 17.5 Å². The summed E-state index contributed by atoms with van der Waals surface area (Å²) >= 11 is 0. The number of nitrogens with zero attached hydrogens (tertiary/aromatic N) is 1. The summed E-state index contributed by atoms with van der Waals surface area (Å²) in [7, 11) is 1.92. The number of halogens is 1. The number of nitrogens with one attached hydrogen (secondary N) is 1. The molecule has 1 aliphatic rings. The van der Waals surface area contributed by atoms with Crippen LogP contribution in [0.25, 0.3) is 11.1 Å². The van der Waals surface area contributed by atoms with E-state index in [1.54, 1.807) is 12.1 Å². The highest BCUT2D eigenvalue weighted by Crippen LogP contribution is 2.36. The number of rotatable bonds is 5. The van der Waals surface area contributed by atoms with E-state index in [0.29, 0.717) is 18.8 Å². The van der Waals surface area contributed by atoms with Crippen LogP contribution >= 0.6 is 0 Å². The van der Waals surface area contributed by atoms with Crippen LogP contribution in [0.3, 0.4) is 0 Å². The highest BCUT2D eigenvalue weighted by atomic mass is 19.1. The summed E-state index contributed by atoms with van der Waals surface area (Å²) in [4.78, 5) is 0. The van der Waals surface area contributed by atoms with Crippen LogP contribution in [0.5, 0.6) is 0 Å². The maximum absolute atomic E-state index is 13.2. The summed E-state index contributed by atoms with van der Waals surface area (Å²) < 4.78 is 18.8. The Morgan fingerprint density at radius 1 is 1.26 bits per heavy atom. The van der Waals surface area contributed by atoms with Crippen LogP contribution in [0.2, 0.25) is 0 Å². The van der Waals surface area contributed by atoms with Crippen molar-refractivity contribution in [3.05, 3.63) is 58.4 Å². The standard InChI is InChI=1S/C19H19FN2O/c1-22-8-2-3-14-9-15-11-23-12-18(15)19(17(14)10-21)13-4-6-16(20)7-5-13/h4-7,9,22H,2-3,8,11-12H2,1H3. The average Bonchev–Trinajstić information content (AvgIpc) is 3.02. The predicted molar refractivity (Wildman–Crippen MR) is 87.3 cm³/mol. The van der Waals surface area contributed by atoms with Gasteiger partial charge in [0.05, 0.1) is 18.8 Å². The Bertz CT molecular complexity index is 747. The smallest absolute Gasteiger partial charge is 0.123 e. The van der Waals surface area contributed by atoms with E-state index in [1.807, 2.05) is 7.05 Å². The molecule has 0 spiro atoms. The summed E-state index contributed by atoms with van der Waals surface area (Å²) in [5.41, 5.74) is 5.72. The lowest BCUT2D eigenvalue weighted by Crippen LogP contribution is -2.09. The van der Waals surface area contributed by atoms with Crippen LogP contribution < -0.4 is 5.32 Å². The number of nitriles is 1. The number of hydrogen-bond donors (Lipinski definition) is 1. The molecule has 0 radical (unpaired) electrons. The normalized spacial score (nSPS) is 12.9. The molecule has 4 heteroatoms. The fraction of sp³-hybridized carbons (Fsp3) is 0.316. The van der Waals surface area contributed by atoms with E-state index in [9.17, 15) is 9.65 Å². The van der Waals surface area contributed by atoms with Crippen molar-refractivity contribution < 1.29 is 9.13 Å². The van der Waals surface area contributed by atoms with Gasteiger partial charge < -0.3 is 10.1 Å². The minimum atomic E-state index is -0.273. The van der Waals surface area contributed by atoms with E-state index in [-0.39, 0.29) is 5.82 Å². The van der Waals surface area contributed by atoms with Crippen molar-refractivity contribution in [1.82, 2.24) is 5.32 Å². The van der Waals surface area contributed by atoms with Crippen molar-refractivity contribution in [3.63, 3.8) is 0 Å². The van der Waals surface area contributed by atoms with Gasteiger partial charge >= 0.3 is 0 Å². The van der Waals surface area contributed by atoms with Gasteiger partial charge in [0.15, 0.2) is 0 Å². The predicted octanol–water partition coefficient (Wildman–Crippen LogP) is 3.55. The van der Waals surface area contributed by atoms with Gasteiger partial charge in [-0.05, 0) is 60.8 Å². The van der Waals surface area contributed by atoms with Gasteiger partial charge in [-0.15, -0.1) is 0 Å². The first-order valence-corrected chi connectivity index (χ1v) is 7.80. The molecule has 0 aliphatic carbocycles. The molecule has 0 amide bonds. The van der Waals surface area contributed by atoms with Gasteiger partial charge in [-0.25, -0.2) is 4.39 Å². The molecule has 0 aromatic heterocycles. The van der Waals surface area contributed by atoms with Crippen LogP contribution in [0.15, 0.2) is 30.3 Å². The van der Waals surface area contributed by atoms with E-state index in [1.165, 1.54) is 12.1 Å². The van der Waals surface area contributed by atoms with E-state index in [0.717, 1.165) is 47.2 Å². The van der Waals surface area contributed by atoms with Crippen LogP contribution in [0, 0.1) is 17.1 Å². The molecule has 23 heavy (non-hydrogen) atoms. The second-order valence-electron chi connectivity index (χ2n) is 5.74. The molecule has 2 aromatic carbocycles. The lowest BCUT2D eigenvalue weighted by molar-refractivity contribution is 0.134. The SMILES string of the molecule is CNCCCc1cc2c(c(-c3ccc(F)cc3)c1C#N)COC2. The Hall–Kier alpha value is -2.22. The monoisotopic (exact) mass is 310 g/mol. The first-order chi connectivity index (χ1) is 11.2. The molecule has 1 aliphatic heterocycles. The molecule has 0 saturated carbocycles. The summed E-state index contributed by atoms with van der Waals surface area (Å²) in [6.07, 6.45) is 1.80. The zero-order chi connectivity index (χ0) is 16.2. The first-order valence-electron chi connectivity index (χ1n) is 7.80. The van der Waals surface area contributed by atoms with Crippen molar-refractivity contribution in [1.29, 1.82) is 5.26 Å². The van der Waals surface area contributed by atoms with Gasteiger partial charge in [-0.3, -0.25) is 0 Å². The molecule has 0 atom stereocenters. The highest BCUT2D eigenvalue weighted by molar-refractivity contribution is 5.77. The number of ether oxygens (including phenoxy) is 1. The lowest BCUT2D eigenvalue weighted by Gasteiger charge is -2.15. The molecule has 0 bridgehead atoms. The fourth-order valence-electron chi connectivity index (χ4n) is 3.11. The second kappa shape index (κ2) is 6.91. The van der Waals surface area contributed by atoms with E-state index >= 15 is 0 Å². The lowest BCUT2D eigenvalue weighted by atomic mass is 9.87. The number of fused-ring (bicyclic) bond motifs is 1. The molecule has 3 rings (SSSR count). The Morgan fingerprint density at radius 3 is 2.74 bits per heavy atom. The molecule has 0 saturated heterocycles. The van der Waals surface area contributed by atoms with E-state index in [4.69, 9.17) is 4.74 Å². The van der Waals surface area contributed by atoms with Crippen LogP contribution in [0.4, 0.5) is 4.39 Å². The summed E-state index contributed by atoms with van der Waals surface area (Å²) in [6.45, 7) is 1.99. The Balaban J connectivity index is 2.12. The van der Waals surface area contributed by atoms with Gasteiger partial charge in [0, 0.05) is 5.56 Å². The molecule has 1 heterocycles. The number of aryl methyl sites for hydroxylation is 1. The van der Waals surface area contributed by atoms with Crippen molar-refractivity contribution in [2.75, 3.05) is 13.6 Å². The molecular weight excluding hydrogens is 291 g/mol. The van der Waals surface area contributed by atoms with Crippen molar-refractivity contribution in [3.8, 4) is 17.2 Å². The third-order valence-electron chi connectivity index (χ3n) is 4.23. The number of benzene rings is 2. The minimum absolute atomic E-state index is 0.273. The Kier molecular flexibility index (Phi) is 4.71. The highest BCUT2D eigenvalue weighted by Gasteiger charge is 2.22. The van der Waals surface area contributed by atoms with Gasteiger partial charge in [-0.1, -0.05) is 18.2 Å². The minimum Gasteiger partial charge on any atom is -0.372 e. The summed E-state index contributed by atoms with van der Waals surface area (Å²) in [6, 6.07) is 10.8. The van der Waals surface area contributed by atoms with E-state index < -0.39 is 0 Å². The van der Waals surface area contributed by atoms with Crippen molar-refractivity contribution in [2.45, 2.75) is 26.1 Å². The van der Waals surface area contributed by atoms with Crippen LogP contribution in [-0.4, -0.2) is 13.6 Å². The maximum atomic E-state index is 13.2. The van der Waals surface area contributed by atoms with Gasteiger partial charge in [0.2, 0.25) is 0 Å². The largest absolute Gasteiger partial charge is 0.372 e. The zero-order valence-electron chi connectivity index (χ0n) is 13.2. The molecule has 0 unspecified atom stereocenters. The summed E-state index contributed by atoms with van der Waals surface area (Å²) in [5.74, 6) is -0.273. The molecular formula is C19H19FN2O. The Labute approximate surface area is 135 Å². The molecule has 1 N–H and O–H groups in total. The quantitative estimate of drug-likeness (QED) is 0.859. The molecule has 0 fully saturated rings. The topological polar surface area (TPSA) is 45.0 Å².